The van der Waals surface area contributed by atoms with Gasteiger partial charge in [-0.3, -0.25) is 9.69 Å². The van der Waals surface area contributed by atoms with Crippen LogP contribution in [-0.2, 0) is 32.2 Å². The van der Waals surface area contributed by atoms with Crippen LogP contribution in [0, 0.1) is 5.92 Å². The second kappa shape index (κ2) is 14.6. The van der Waals surface area contributed by atoms with Crippen molar-refractivity contribution in [2.75, 3.05) is 24.5 Å². The minimum Gasteiger partial charge on any atom is -0.434 e. The van der Waals surface area contributed by atoms with Gasteiger partial charge in [-0.1, -0.05) is 62.7 Å². The number of carbonyl (C=O) groups is 2. The number of aliphatic hydroxyl groups excluding tert-OH is 1. The number of aliphatic hydroxyl groups is 1. The number of alkyl halides is 3. The van der Waals surface area contributed by atoms with Crippen LogP contribution in [0.3, 0.4) is 0 Å². The van der Waals surface area contributed by atoms with Crippen molar-refractivity contribution in [3.05, 3.63) is 89.4 Å². The lowest BCUT2D eigenvalue weighted by Gasteiger charge is -2.31. The number of hydrogen-bond donors (Lipinski definition) is 2. The zero-order chi connectivity index (χ0) is 34.6. The second-order valence-corrected chi connectivity index (χ2v) is 14.5. The molecular formula is C33H35F3N4O6S2. The van der Waals surface area contributed by atoms with Crippen molar-refractivity contribution in [3.63, 3.8) is 0 Å². The van der Waals surface area contributed by atoms with E-state index in [1.807, 2.05) is 13.8 Å². The fourth-order valence-corrected chi connectivity index (χ4v) is 7.80. The van der Waals surface area contributed by atoms with Crippen LogP contribution in [-0.4, -0.2) is 72.7 Å². The van der Waals surface area contributed by atoms with Crippen LogP contribution < -0.4 is 10.2 Å². The number of halogens is 3. The van der Waals surface area contributed by atoms with Crippen LogP contribution in [0.5, 0.6) is 0 Å². The molecule has 0 radical (unpaired) electrons. The second-order valence-electron chi connectivity index (χ2n) is 11.7. The first-order valence-electron chi connectivity index (χ1n) is 15.3. The smallest absolute Gasteiger partial charge is 0.418 e. The number of hydrogen-bond acceptors (Lipinski definition) is 8. The SMILES string of the molecule is CC[C@H](C)CN(C[C@@H](O)[C@H](Cc1ccccc1)NC(=O)[C@@H]1CN(c2ccccc2C(F)(F)F)C(=O)O1)S(=O)(=O)c1ccc2ncsc2c1. The number of rotatable bonds is 13. The van der Waals surface area contributed by atoms with Crippen LogP contribution >= 0.6 is 11.3 Å². The Morgan fingerprint density at radius 1 is 1.12 bits per heavy atom. The van der Waals surface area contributed by atoms with Crippen LogP contribution in [0.2, 0.25) is 0 Å². The summed E-state index contributed by atoms with van der Waals surface area (Å²) in [6.07, 6.45) is -8.05. The van der Waals surface area contributed by atoms with Gasteiger partial charge in [-0.25, -0.2) is 18.2 Å². The standard InChI is InChI=1S/C33H35F3N4O6S2/c1-3-21(2)17-39(48(44,45)23-13-14-25-30(16-23)47-20-37-25)18-28(41)26(15-22-9-5-4-6-10-22)38-31(42)29-19-40(32(43)46-29)27-12-8-7-11-24(27)33(34,35)36/h4-14,16,20-21,26,28-29,41H,3,15,17-19H2,1-2H3,(H,38,42)/t21-,26-,28+,29-/m0/s1. The van der Waals surface area contributed by atoms with Crippen molar-refractivity contribution in [2.45, 2.75) is 56.0 Å². The first kappa shape index (κ1) is 35.3. The topological polar surface area (TPSA) is 129 Å². The molecule has 0 saturated carbocycles. The first-order chi connectivity index (χ1) is 22.8. The minimum absolute atomic E-state index is 0.0375. The summed E-state index contributed by atoms with van der Waals surface area (Å²) in [5.41, 5.74) is 1.49. The van der Waals surface area contributed by atoms with E-state index in [0.29, 0.717) is 16.6 Å². The maximum atomic E-state index is 14.0. The third-order valence-corrected chi connectivity index (χ3v) is 10.9. The molecule has 5 rings (SSSR count). The Bertz CT molecular complexity index is 1850. The van der Waals surface area contributed by atoms with Crippen LogP contribution in [0.1, 0.15) is 31.4 Å². The molecule has 1 aromatic heterocycles. The van der Waals surface area contributed by atoms with Gasteiger partial charge in [0.25, 0.3) is 5.91 Å². The van der Waals surface area contributed by atoms with Gasteiger partial charge >= 0.3 is 12.3 Å². The summed E-state index contributed by atoms with van der Waals surface area (Å²) in [7, 11) is -4.11. The predicted octanol–water partition coefficient (Wildman–Crippen LogP) is 5.47. The lowest BCUT2D eigenvalue weighted by atomic mass is 10.0. The fraction of sp³-hybridized carbons (Fsp3) is 0.364. The van der Waals surface area contributed by atoms with E-state index in [0.717, 1.165) is 22.6 Å². The maximum Gasteiger partial charge on any atom is 0.418 e. The Labute approximate surface area is 280 Å². The predicted molar refractivity (Wildman–Crippen MR) is 175 cm³/mol. The largest absolute Gasteiger partial charge is 0.434 e. The molecule has 1 aliphatic heterocycles. The number of benzene rings is 3. The molecule has 1 fully saturated rings. The molecular weight excluding hydrogens is 670 g/mol. The number of aromatic nitrogens is 1. The Balaban J connectivity index is 1.39. The summed E-state index contributed by atoms with van der Waals surface area (Å²) >= 11 is 1.30. The molecule has 15 heteroatoms. The lowest BCUT2D eigenvalue weighted by molar-refractivity contribution is -0.137. The summed E-state index contributed by atoms with van der Waals surface area (Å²) in [6, 6.07) is 16.9. The van der Waals surface area contributed by atoms with Crippen molar-refractivity contribution in [1.82, 2.24) is 14.6 Å². The minimum atomic E-state index is -4.75. The number of amides is 2. The molecule has 1 aliphatic rings. The highest BCUT2D eigenvalue weighted by Crippen LogP contribution is 2.38. The lowest BCUT2D eigenvalue weighted by Crippen LogP contribution is -2.53. The number of thiazole rings is 1. The highest BCUT2D eigenvalue weighted by Gasteiger charge is 2.43. The zero-order valence-electron chi connectivity index (χ0n) is 26.1. The van der Waals surface area contributed by atoms with E-state index < -0.39 is 64.2 Å². The Morgan fingerprint density at radius 3 is 2.54 bits per heavy atom. The number of para-hydroxylation sites is 1. The normalized spacial score (nSPS) is 17.4. The number of nitrogens with zero attached hydrogens (tertiary/aromatic N) is 3. The molecule has 10 nitrogen and oxygen atoms in total. The van der Waals surface area contributed by atoms with Crippen molar-refractivity contribution in [2.24, 2.45) is 5.92 Å². The monoisotopic (exact) mass is 704 g/mol. The molecule has 3 aromatic carbocycles. The van der Waals surface area contributed by atoms with Crippen molar-refractivity contribution in [3.8, 4) is 0 Å². The quantitative estimate of drug-likeness (QED) is 0.189. The van der Waals surface area contributed by atoms with Gasteiger partial charge in [0, 0.05) is 13.1 Å². The van der Waals surface area contributed by atoms with Gasteiger partial charge in [-0.15, -0.1) is 11.3 Å². The van der Waals surface area contributed by atoms with Crippen LogP contribution in [0.25, 0.3) is 10.2 Å². The van der Waals surface area contributed by atoms with E-state index >= 15 is 0 Å². The Morgan fingerprint density at radius 2 is 1.83 bits per heavy atom. The summed E-state index contributed by atoms with van der Waals surface area (Å²) in [5.74, 6) is -0.910. The fourth-order valence-electron chi connectivity index (χ4n) is 5.40. The molecule has 4 aromatic rings. The zero-order valence-corrected chi connectivity index (χ0v) is 27.8. The van der Waals surface area contributed by atoms with E-state index in [9.17, 15) is 36.3 Å². The van der Waals surface area contributed by atoms with E-state index in [1.165, 1.54) is 33.8 Å². The molecule has 2 N–H and O–H groups in total. The average Bonchev–Trinajstić information content (AvgIpc) is 3.70. The molecule has 0 aliphatic carbocycles. The molecule has 2 amide bonds. The molecule has 0 spiro atoms. The first-order valence-corrected chi connectivity index (χ1v) is 17.6. The van der Waals surface area contributed by atoms with Gasteiger partial charge in [-0.2, -0.15) is 17.5 Å². The molecule has 0 unspecified atom stereocenters. The number of sulfonamides is 1. The van der Waals surface area contributed by atoms with E-state index in [-0.39, 0.29) is 30.3 Å². The molecule has 4 atom stereocenters. The number of carbonyl (C=O) groups excluding carboxylic acids is 2. The van der Waals surface area contributed by atoms with Gasteiger partial charge in [0.1, 0.15) is 0 Å². The summed E-state index contributed by atoms with van der Waals surface area (Å²) in [6.45, 7) is 3.03. The van der Waals surface area contributed by atoms with Gasteiger partial charge in [0.15, 0.2) is 6.10 Å². The van der Waals surface area contributed by atoms with Gasteiger partial charge in [-0.05, 0) is 48.2 Å². The van der Waals surface area contributed by atoms with Gasteiger partial charge < -0.3 is 15.2 Å². The molecule has 1 saturated heterocycles. The van der Waals surface area contributed by atoms with Crippen molar-refractivity contribution >= 4 is 49.3 Å². The van der Waals surface area contributed by atoms with E-state index in [1.54, 1.807) is 48.0 Å². The summed E-state index contributed by atoms with van der Waals surface area (Å²) in [5, 5.41) is 14.3. The number of fused-ring (bicyclic) bond motifs is 1. The van der Waals surface area contributed by atoms with Gasteiger partial charge in [0.05, 0.1) is 50.6 Å². The molecule has 0 bridgehead atoms. The Hall–Kier alpha value is -4.05. The highest BCUT2D eigenvalue weighted by atomic mass is 32.2. The van der Waals surface area contributed by atoms with Crippen LogP contribution in [0.4, 0.5) is 23.7 Å². The number of ether oxygens (including phenoxy) is 1. The summed E-state index contributed by atoms with van der Waals surface area (Å²) in [4.78, 5) is 31.2. The number of nitrogens with one attached hydrogen (secondary N) is 1. The highest BCUT2D eigenvalue weighted by molar-refractivity contribution is 7.89. The average molecular weight is 705 g/mol. The Kier molecular flexibility index (Phi) is 10.7. The molecule has 48 heavy (non-hydrogen) atoms. The van der Waals surface area contributed by atoms with Crippen LogP contribution in [0.15, 0.2) is 83.2 Å². The number of anilines is 1. The third kappa shape index (κ3) is 7.97. The summed E-state index contributed by atoms with van der Waals surface area (Å²) < 4.78 is 76.0. The number of cyclic esters (lactones) is 1. The maximum absolute atomic E-state index is 14.0. The van der Waals surface area contributed by atoms with Gasteiger partial charge in [0.2, 0.25) is 10.0 Å². The molecule has 256 valence electrons. The molecule has 2 heterocycles. The van der Waals surface area contributed by atoms with Crippen molar-refractivity contribution in [1.29, 1.82) is 0 Å². The third-order valence-electron chi connectivity index (χ3n) is 8.24. The van der Waals surface area contributed by atoms with E-state index in [2.05, 4.69) is 10.3 Å². The van der Waals surface area contributed by atoms with Crippen molar-refractivity contribution < 1.29 is 41.0 Å². The van der Waals surface area contributed by atoms with E-state index in [4.69, 9.17) is 4.74 Å².